The Morgan fingerprint density at radius 2 is 2.00 bits per heavy atom. The van der Waals surface area contributed by atoms with E-state index in [1.54, 1.807) is 19.2 Å². The van der Waals surface area contributed by atoms with Gasteiger partial charge < -0.3 is 18.8 Å². The van der Waals surface area contributed by atoms with Gasteiger partial charge in [-0.2, -0.15) is 10.2 Å². The molecule has 0 amide bonds. The molecule has 0 N–H and O–H groups in total. The van der Waals surface area contributed by atoms with Gasteiger partial charge >= 0.3 is 0 Å². The molecule has 2 aromatic carbocycles. The zero-order chi connectivity index (χ0) is 22.5. The summed E-state index contributed by atoms with van der Waals surface area (Å²) in [4.78, 5) is 9.94. The van der Waals surface area contributed by atoms with E-state index in [4.69, 9.17) is 18.8 Å². The molecule has 0 atom stereocenters. The van der Waals surface area contributed by atoms with E-state index in [-0.39, 0.29) is 6.10 Å². The van der Waals surface area contributed by atoms with Gasteiger partial charge in [-0.05, 0) is 50.5 Å². The van der Waals surface area contributed by atoms with Crippen molar-refractivity contribution in [2.45, 2.75) is 32.8 Å². The van der Waals surface area contributed by atoms with Crippen LogP contribution < -0.4 is 4.74 Å². The van der Waals surface area contributed by atoms with E-state index in [1.165, 1.54) is 0 Å². The molecule has 0 spiro atoms. The van der Waals surface area contributed by atoms with E-state index in [1.807, 2.05) is 38.1 Å². The van der Waals surface area contributed by atoms with Crippen LogP contribution in [0.25, 0.3) is 22.8 Å². The largest absolute Gasteiger partial charge is 0.490 e. The van der Waals surface area contributed by atoms with Gasteiger partial charge in [0.2, 0.25) is 5.82 Å². The molecule has 1 aliphatic carbocycles. The maximum atomic E-state index is 9.48. The molecule has 0 unspecified atom stereocenters. The summed E-state index contributed by atoms with van der Waals surface area (Å²) in [7, 11) is 1.63. The molecule has 8 heteroatoms. The summed E-state index contributed by atoms with van der Waals surface area (Å²) in [6.45, 7) is 4.74. The van der Waals surface area contributed by atoms with Gasteiger partial charge in [0.05, 0.1) is 24.0 Å². The van der Waals surface area contributed by atoms with Gasteiger partial charge in [0.15, 0.2) is 0 Å². The average molecular weight is 432 g/mol. The van der Waals surface area contributed by atoms with E-state index < -0.39 is 0 Å². The van der Waals surface area contributed by atoms with Crippen LogP contribution in [0.3, 0.4) is 0 Å². The van der Waals surface area contributed by atoms with Crippen molar-refractivity contribution < 1.29 is 18.8 Å². The van der Waals surface area contributed by atoms with Crippen LogP contribution in [0.4, 0.5) is 0 Å². The summed E-state index contributed by atoms with van der Waals surface area (Å²) >= 11 is 0. The molecular formula is C24H24N4O4. The van der Waals surface area contributed by atoms with Crippen LogP contribution in [0.5, 0.6) is 5.75 Å². The third-order valence-electron chi connectivity index (χ3n) is 5.03. The molecule has 4 rings (SSSR count). The minimum Gasteiger partial charge on any atom is -0.490 e. The summed E-state index contributed by atoms with van der Waals surface area (Å²) < 4.78 is 16.2. The molecule has 0 aliphatic heterocycles. The highest BCUT2D eigenvalue weighted by atomic mass is 16.6. The van der Waals surface area contributed by atoms with Gasteiger partial charge in [0.1, 0.15) is 18.4 Å². The second-order valence-corrected chi connectivity index (χ2v) is 7.61. The Balaban J connectivity index is 1.60. The number of benzene rings is 2. The third-order valence-corrected chi connectivity index (χ3v) is 5.03. The Hall–Kier alpha value is -3.70. The fourth-order valence-electron chi connectivity index (χ4n) is 3.61. The molecule has 164 valence electrons. The smallest absolute Gasteiger partial charge is 0.258 e. The molecule has 3 aromatic rings. The van der Waals surface area contributed by atoms with Gasteiger partial charge in [-0.3, -0.25) is 0 Å². The first-order chi connectivity index (χ1) is 15.6. The van der Waals surface area contributed by atoms with Gasteiger partial charge in [-0.25, -0.2) is 0 Å². The van der Waals surface area contributed by atoms with E-state index in [0.717, 1.165) is 35.2 Å². The number of hydrogen-bond acceptors (Lipinski definition) is 8. The Morgan fingerprint density at radius 1 is 1.16 bits per heavy atom. The van der Waals surface area contributed by atoms with Gasteiger partial charge in [0, 0.05) is 23.8 Å². The number of aromatic nitrogens is 2. The normalized spacial score (nSPS) is 13.9. The van der Waals surface area contributed by atoms with Gasteiger partial charge in [-0.15, -0.1) is 0 Å². The maximum Gasteiger partial charge on any atom is 0.258 e. The highest BCUT2D eigenvalue weighted by Gasteiger charge is 2.24. The summed E-state index contributed by atoms with van der Waals surface area (Å²) in [6, 6.07) is 13.4. The highest BCUT2D eigenvalue weighted by Crippen LogP contribution is 2.33. The first-order valence-electron chi connectivity index (χ1n) is 10.5. The monoisotopic (exact) mass is 432 g/mol. The molecule has 0 saturated carbocycles. The number of nitriles is 1. The van der Waals surface area contributed by atoms with Crippen molar-refractivity contribution in [3.8, 4) is 34.7 Å². The van der Waals surface area contributed by atoms with Crippen molar-refractivity contribution in [1.29, 1.82) is 5.26 Å². The van der Waals surface area contributed by atoms with E-state index in [0.29, 0.717) is 41.8 Å². The number of hydrogen-bond donors (Lipinski definition) is 0. The lowest BCUT2D eigenvalue weighted by atomic mass is 10.0. The van der Waals surface area contributed by atoms with Crippen molar-refractivity contribution in [2.75, 3.05) is 20.3 Å². The molecular weight excluding hydrogens is 408 g/mol. The Labute approximate surface area is 186 Å². The van der Waals surface area contributed by atoms with Crippen molar-refractivity contribution in [1.82, 2.24) is 10.1 Å². The SMILES string of the molecule is COCCON=C1CCc2c1cccc2-c1noc(-c2ccc(OC(C)C)c(C#N)c2)n1. The molecule has 0 radical (unpaired) electrons. The summed E-state index contributed by atoms with van der Waals surface area (Å²) in [6.07, 6.45) is 1.58. The molecule has 0 bridgehead atoms. The minimum atomic E-state index is -0.0260. The predicted molar refractivity (Wildman–Crippen MR) is 118 cm³/mol. The first-order valence-corrected chi connectivity index (χ1v) is 10.5. The molecule has 0 fully saturated rings. The van der Waals surface area contributed by atoms with Crippen LogP contribution in [-0.4, -0.2) is 42.3 Å². The van der Waals surface area contributed by atoms with Crippen molar-refractivity contribution in [3.63, 3.8) is 0 Å². The molecule has 0 saturated heterocycles. The van der Waals surface area contributed by atoms with Crippen molar-refractivity contribution in [2.24, 2.45) is 5.16 Å². The molecule has 1 aliphatic rings. The number of oxime groups is 1. The molecule has 32 heavy (non-hydrogen) atoms. The zero-order valence-corrected chi connectivity index (χ0v) is 18.3. The van der Waals surface area contributed by atoms with Crippen LogP contribution in [0.15, 0.2) is 46.1 Å². The minimum absolute atomic E-state index is 0.0260. The summed E-state index contributed by atoms with van der Waals surface area (Å²) in [5, 5.41) is 17.9. The standard InChI is InChI=1S/C24H24N4O4/c1-15(2)31-22-10-7-16(13-17(22)14-25)24-26-23(28-32-24)20-6-4-5-19-18(20)8-9-21(19)27-30-12-11-29-3/h4-7,10,13,15H,8-9,11-12H2,1-3H3. The van der Waals surface area contributed by atoms with Crippen LogP contribution in [0, 0.1) is 11.3 Å². The highest BCUT2D eigenvalue weighted by molar-refractivity contribution is 6.05. The molecule has 8 nitrogen and oxygen atoms in total. The predicted octanol–water partition coefficient (Wildman–Crippen LogP) is 4.38. The first kappa shape index (κ1) is 21.5. The number of ether oxygens (including phenoxy) is 2. The Morgan fingerprint density at radius 3 is 2.78 bits per heavy atom. The fraction of sp³-hybridized carbons (Fsp3) is 0.333. The zero-order valence-electron chi connectivity index (χ0n) is 18.3. The van der Waals surface area contributed by atoms with Crippen LogP contribution in [0.2, 0.25) is 0 Å². The van der Waals surface area contributed by atoms with Gasteiger partial charge in [0.25, 0.3) is 5.89 Å². The summed E-state index contributed by atoms with van der Waals surface area (Å²) in [5.74, 6) is 1.38. The number of methoxy groups -OCH3 is 1. The Kier molecular flexibility index (Phi) is 6.47. The van der Waals surface area contributed by atoms with Crippen LogP contribution in [0.1, 0.15) is 37.0 Å². The lowest BCUT2D eigenvalue weighted by Gasteiger charge is -2.11. The maximum absolute atomic E-state index is 9.48. The Bertz CT molecular complexity index is 1180. The average Bonchev–Trinajstić information content (AvgIpc) is 3.44. The molecule has 1 aromatic heterocycles. The molecule has 1 heterocycles. The summed E-state index contributed by atoms with van der Waals surface area (Å²) in [5.41, 5.74) is 5.05. The quantitative estimate of drug-likeness (QED) is 0.384. The lowest BCUT2D eigenvalue weighted by molar-refractivity contribution is 0.0750. The fourth-order valence-corrected chi connectivity index (χ4v) is 3.61. The second kappa shape index (κ2) is 9.62. The van der Waals surface area contributed by atoms with Crippen LogP contribution >= 0.6 is 0 Å². The van der Waals surface area contributed by atoms with E-state index in [9.17, 15) is 5.26 Å². The number of nitrogens with zero attached hydrogens (tertiary/aromatic N) is 4. The van der Waals surface area contributed by atoms with Crippen LogP contribution in [-0.2, 0) is 16.0 Å². The topological polar surface area (TPSA) is 103 Å². The lowest BCUT2D eigenvalue weighted by Crippen LogP contribution is -2.06. The van der Waals surface area contributed by atoms with E-state index in [2.05, 4.69) is 21.4 Å². The third kappa shape index (κ3) is 4.48. The van der Waals surface area contributed by atoms with Gasteiger partial charge in [-0.1, -0.05) is 28.5 Å². The number of rotatable bonds is 8. The van der Waals surface area contributed by atoms with Crippen molar-refractivity contribution >= 4 is 5.71 Å². The second-order valence-electron chi connectivity index (χ2n) is 7.61. The number of fused-ring (bicyclic) bond motifs is 1. The van der Waals surface area contributed by atoms with E-state index >= 15 is 0 Å². The van der Waals surface area contributed by atoms with Crippen molar-refractivity contribution in [3.05, 3.63) is 53.1 Å².